The fourth-order valence-corrected chi connectivity index (χ4v) is 4.98. The lowest BCUT2D eigenvalue weighted by Gasteiger charge is -2.09. The molecule has 0 saturated heterocycles. The number of nitrogens with two attached hydrogens (primary N) is 1. The van der Waals surface area contributed by atoms with Gasteiger partial charge in [-0.3, -0.25) is 0 Å². The van der Waals surface area contributed by atoms with Gasteiger partial charge in [-0.05, 0) is 92.2 Å². The molecule has 29 heavy (non-hydrogen) atoms. The second-order valence-electron chi connectivity index (χ2n) is 8.11. The first-order valence-electron chi connectivity index (χ1n) is 10.1. The Morgan fingerprint density at radius 2 is 1.17 bits per heavy atom. The van der Waals surface area contributed by atoms with Crippen LogP contribution in [-0.2, 0) is 0 Å². The van der Waals surface area contributed by atoms with Crippen molar-refractivity contribution < 1.29 is 0 Å². The number of rotatable bonds is 0. The molecule has 0 unspecified atom stereocenters. The molecule has 2 N–H and O–H groups in total. The van der Waals surface area contributed by atoms with Crippen molar-refractivity contribution in [2.75, 3.05) is 5.73 Å². The van der Waals surface area contributed by atoms with Gasteiger partial charge in [0.15, 0.2) is 0 Å². The van der Waals surface area contributed by atoms with Gasteiger partial charge in [-0.2, -0.15) is 0 Å². The van der Waals surface area contributed by atoms with Crippen LogP contribution in [0.15, 0.2) is 66.7 Å². The maximum absolute atomic E-state index is 6.64. The summed E-state index contributed by atoms with van der Waals surface area (Å²) in [5, 5.41) is 4.97. The number of benzene rings is 4. The highest BCUT2D eigenvalue weighted by molar-refractivity contribution is 5.86. The summed E-state index contributed by atoms with van der Waals surface area (Å²) in [4.78, 5) is 0. The van der Waals surface area contributed by atoms with E-state index in [0.29, 0.717) is 0 Å². The summed E-state index contributed by atoms with van der Waals surface area (Å²) in [5.74, 6) is 0. The lowest BCUT2D eigenvalue weighted by Crippen LogP contribution is -2.15. The quantitative estimate of drug-likeness (QED) is 0.382. The van der Waals surface area contributed by atoms with E-state index in [9.17, 15) is 0 Å². The average molecular weight is 371 g/mol. The molecule has 2 aliphatic rings. The standard InChI is InChI=1S/C28H21N/c1-16-13-23-21-10-6-4-8-19(21)15-25(23)27(17(16)2)28-24-14-18-7-3-5-9-20(18)22(24)11-12-26(28)29/h3-15H,29H2,1-2H3. The summed E-state index contributed by atoms with van der Waals surface area (Å²) >= 11 is 0. The largest absolute Gasteiger partial charge is 0.398 e. The first kappa shape index (κ1) is 16.4. The van der Waals surface area contributed by atoms with Gasteiger partial charge in [0.05, 0.1) is 0 Å². The monoisotopic (exact) mass is 371 g/mol. The van der Waals surface area contributed by atoms with Gasteiger partial charge in [0, 0.05) is 10.9 Å². The second-order valence-corrected chi connectivity index (χ2v) is 8.11. The zero-order valence-electron chi connectivity index (χ0n) is 16.6. The number of anilines is 1. The van der Waals surface area contributed by atoms with Gasteiger partial charge in [-0.15, -0.1) is 0 Å². The highest BCUT2D eigenvalue weighted by Gasteiger charge is 2.17. The summed E-state index contributed by atoms with van der Waals surface area (Å²) in [6.07, 6.45) is 4.62. The summed E-state index contributed by atoms with van der Waals surface area (Å²) in [5.41, 5.74) is 17.8. The van der Waals surface area contributed by atoms with Crippen molar-refractivity contribution in [1.82, 2.24) is 0 Å². The number of nitrogen functional groups attached to an aromatic ring is 1. The number of fused-ring (bicyclic) bond motifs is 6. The van der Waals surface area contributed by atoms with Gasteiger partial charge in [-0.25, -0.2) is 0 Å². The molecular weight excluding hydrogens is 350 g/mol. The summed E-state index contributed by atoms with van der Waals surface area (Å²) in [6, 6.07) is 23.8. The van der Waals surface area contributed by atoms with Crippen LogP contribution in [-0.4, -0.2) is 0 Å². The van der Waals surface area contributed by atoms with Crippen LogP contribution in [0.1, 0.15) is 22.3 Å². The van der Waals surface area contributed by atoms with Crippen LogP contribution in [0.3, 0.4) is 0 Å². The fourth-order valence-electron chi connectivity index (χ4n) is 4.98. The zero-order chi connectivity index (χ0) is 19.7. The van der Waals surface area contributed by atoms with Gasteiger partial charge in [0.25, 0.3) is 0 Å². The molecule has 0 radical (unpaired) electrons. The molecule has 6 rings (SSSR count). The third kappa shape index (κ3) is 2.16. The van der Waals surface area contributed by atoms with E-state index in [-0.39, 0.29) is 0 Å². The minimum Gasteiger partial charge on any atom is -0.398 e. The summed E-state index contributed by atoms with van der Waals surface area (Å²) in [7, 11) is 0. The predicted octanol–water partition coefficient (Wildman–Crippen LogP) is 4.79. The number of hydrogen-bond acceptors (Lipinski definition) is 1. The lowest BCUT2D eigenvalue weighted by molar-refractivity contribution is 1.26. The Balaban J connectivity index is 1.92. The molecule has 0 amide bonds. The molecule has 0 heterocycles. The van der Waals surface area contributed by atoms with E-state index in [1.807, 2.05) is 0 Å². The van der Waals surface area contributed by atoms with Crippen molar-refractivity contribution in [3.63, 3.8) is 0 Å². The molecule has 0 atom stereocenters. The van der Waals surface area contributed by atoms with Crippen LogP contribution in [0.25, 0.3) is 34.4 Å². The minimum absolute atomic E-state index is 0.841. The molecule has 0 bridgehead atoms. The van der Waals surface area contributed by atoms with Crippen molar-refractivity contribution in [3.05, 3.63) is 110 Å². The Kier molecular flexibility index (Phi) is 3.23. The lowest BCUT2D eigenvalue weighted by atomic mass is 9.95. The third-order valence-electron chi connectivity index (χ3n) is 6.52. The van der Waals surface area contributed by atoms with E-state index >= 15 is 0 Å². The topological polar surface area (TPSA) is 26.0 Å². The third-order valence-corrected chi connectivity index (χ3v) is 6.52. The highest BCUT2D eigenvalue weighted by atomic mass is 14.5. The van der Waals surface area contributed by atoms with Gasteiger partial charge >= 0.3 is 0 Å². The molecule has 0 aliphatic heterocycles. The van der Waals surface area contributed by atoms with Gasteiger partial charge in [0.1, 0.15) is 0 Å². The Morgan fingerprint density at radius 1 is 0.586 bits per heavy atom. The summed E-state index contributed by atoms with van der Waals surface area (Å²) < 4.78 is 0. The van der Waals surface area contributed by atoms with Crippen LogP contribution in [0.4, 0.5) is 5.69 Å². The van der Waals surface area contributed by atoms with Gasteiger partial charge in [0.2, 0.25) is 0 Å². The molecule has 0 aromatic heterocycles. The van der Waals surface area contributed by atoms with Crippen LogP contribution >= 0.6 is 0 Å². The normalized spacial score (nSPS) is 13.7. The van der Waals surface area contributed by atoms with E-state index in [2.05, 4.69) is 92.7 Å². The van der Waals surface area contributed by atoms with E-state index in [1.54, 1.807) is 0 Å². The Labute approximate surface area is 169 Å². The molecule has 138 valence electrons. The zero-order valence-corrected chi connectivity index (χ0v) is 16.6. The van der Waals surface area contributed by atoms with E-state index in [0.717, 1.165) is 5.69 Å². The molecule has 2 aliphatic carbocycles. The molecule has 1 nitrogen and oxygen atoms in total. The number of aryl methyl sites for hydroxylation is 1. The van der Waals surface area contributed by atoms with E-state index < -0.39 is 0 Å². The molecule has 1 heteroatoms. The summed E-state index contributed by atoms with van der Waals surface area (Å²) in [6.45, 7) is 4.43. The Bertz CT molecular complexity index is 1570. The smallest absolute Gasteiger partial charge is 0.0400 e. The van der Waals surface area contributed by atoms with Crippen molar-refractivity contribution in [3.8, 4) is 22.3 Å². The first-order chi connectivity index (χ1) is 14.1. The molecular formula is C28H21N. The molecule has 4 aromatic rings. The van der Waals surface area contributed by atoms with Crippen molar-refractivity contribution >= 4 is 17.8 Å². The average Bonchev–Trinajstić information content (AvgIpc) is 3.28. The Morgan fingerprint density at radius 3 is 1.86 bits per heavy atom. The molecule has 0 saturated carbocycles. The van der Waals surface area contributed by atoms with Crippen LogP contribution in [0.2, 0.25) is 0 Å². The number of hydrogen-bond donors (Lipinski definition) is 1. The maximum atomic E-state index is 6.64. The van der Waals surface area contributed by atoms with Gasteiger partial charge in [-0.1, -0.05) is 60.7 Å². The highest BCUT2D eigenvalue weighted by Crippen LogP contribution is 2.30. The fraction of sp³-hybridized carbons (Fsp3) is 0.0714. The second kappa shape index (κ2) is 5.71. The van der Waals surface area contributed by atoms with Crippen LogP contribution < -0.4 is 16.2 Å². The molecule has 4 aromatic carbocycles. The van der Waals surface area contributed by atoms with Gasteiger partial charge < -0.3 is 5.73 Å². The van der Waals surface area contributed by atoms with Crippen LogP contribution in [0, 0.1) is 24.3 Å². The minimum atomic E-state index is 0.841. The van der Waals surface area contributed by atoms with E-state index in [4.69, 9.17) is 5.73 Å². The SMILES string of the molecule is Cc1cc2c(c(=c3c(N)ccc4c3=Cc3ccccc3-4)c1C)=Cc1ccccc1-2. The first-order valence-corrected chi connectivity index (χ1v) is 10.1. The molecule has 0 fully saturated rings. The Hall–Kier alpha value is -3.58. The predicted molar refractivity (Wildman–Crippen MR) is 122 cm³/mol. The van der Waals surface area contributed by atoms with Crippen molar-refractivity contribution in [1.29, 1.82) is 0 Å². The molecule has 0 spiro atoms. The van der Waals surface area contributed by atoms with Crippen molar-refractivity contribution in [2.24, 2.45) is 0 Å². The van der Waals surface area contributed by atoms with E-state index in [1.165, 1.54) is 65.4 Å². The van der Waals surface area contributed by atoms with Crippen molar-refractivity contribution in [2.45, 2.75) is 13.8 Å². The maximum Gasteiger partial charge on any atom is 0.0400 e. The van der Waals surface area contributed by atoms with Crippen LogP contribution in [0.5, 0.6) is 0 Å².